The summed E-state index contributed by atoms with van der Waals surface area (Å²) in [5.74, 6) is 0.266. The van der Waals surface area contributed by atoms with E-state index in [1.165, 1.54) is 13.3 Å². The molecule has 1 aromatic carbocycles. The van der Waals surface area contributed by atoms with E-state index in [1.54, 1.807) is 12.1 Å². The monoisotopic (exact) mass is 328 g/mol. The Morgan fingerprint density at radius 1 is 1.58 bits per heavy atom. The lowest BCUT2D eigenvalue weighted by atomic mass is 10.2. The van der Waals surface area contributed by atoms with Gasteiger partial charge in [0.25, 0.3) is 0 Å². The van der Waals surface area contributed by atoms with Crippen molar-refractivity contribution in [1.29, 1.82) is 0 Å². The number of unbranched alkanes of at least 4 members (excludes halogenated alkanes) is 1. The average Bonchev–Trinajstić information content (AvgIpc) is 2.40. The van der Waals surface area contributed by atoms with Crippen LogP contribution in [0.4, 0.5) is 0 Å². The fourth-order valence-electron chi connectivity index (χ4n) is 1.40. The molecule has 0 aliphatic carbocycles. The van der Waals surface area contributed by atoms with Crippen LogP contribution in [0.15, 0.2) is 21.7 Å². The number of hydrogen-bond acceptors (Lipinski definition) is 4. The molecule has 0 saturated heterocycles. The smallest absolute Gasteiger partial charge is 0.240 e. The zero-order valence-electron chi connectivity index (χ0n) is 10.9. The number of carbonyl (C=O) groups excluding carboxylic acids is 1. The van der Waals surface area contributed by atoms with Gasteiger partial charge in [0.1, 0.15) is 0 Å². The highest BCUT2D eigenvalue weighted by molar-refractivity contribution is 9.10. The Bertz CT molecular complexity index is 475. The summed E-state index contributed by atoms with van der Waals surface area (Å²) in [5, 5.41) is 13.5. The lowest BCUT2D eigenvalue weighted by Gasteiger charge is -2.06. The first-order chi connectivity index (χ1) is 9.08. The van der Waals surface area contributed by atoms with Crippen LogP contribution in [0.1, 0.15) is 31.7 Å². The van der Waals surface area contributed by atoms with E-state index >= 15 is 0 Å². The van der Waals surface area contributed by atoms with Gasteiger partial charge in [-0.1, -0.05) is 13.3 Å². The van der Waals surface area contributed by atoms with Gasteiger partial charge in [-0.2, -0.15) is 5.10 Å². The summed E-state index contributed by atoms with van der Waals surface area (Å²) >= 11 is 3.21. The molecule has 0 aromatic heterocycles. The van der Waals surface area contributed by atoms with Crippen LogP contribution in [-0.4, -0.2) is 24.3 Å². The van der Waals surface area contributed by atoms with Gasteiger partial charge in [-0.15, -0.1) is 0 Å². The second kappa shape index (κ2) is 7.78. The minimum absolute atomic E-state index is 0.0339. The number of nitrogens with one attached hydrogen (secondary N) is 1. The topological polar surface area (TPSA) is 70.9 Å². The summed E-state index contributed by atoms with van der Waals surface area (Å²) < 4.78 is 5.52. The molecule has 0 aliphatic rings. The van der Waals surface area contributed by atoms with Gasteiger partial charge in [0.05, 0.1) is 17.8 Å². The average molecular weight is 329 g/mol. The number of phenols is 1. The van der Waals surface area contributed by atoms with E-state index in [2.05, 4.69) is 26.5 Å². The Hall–Kier alpha value is -1.56. The molecule has 0 heterocycles. The summed E-state index contributed by atoms with van der Waals surface area (Å²) in [5.41, 5.74) is 3.16. The third-order valence-corrected chi connectivity index (χ3v) is 3.04. The molecule has 104 valence electrons. The number of hydrogen-bond donors (Lipinski definition) is 2. The van der Waals surface area contributed by atoms with E-state index in [-0.39, 0.29) is 11.7 Å². The third kappa shape index (κ3) is 4.90. The standard InChI is InChI=1S/C13H17BrN2O3/c1-3-4-5-12(17)16-15-8-9-6-10(14)13(18)11(7-9)19-2/h6-8,18H,3-5H2,1-2H3,(H,16,17)/b15-8+. The fourth-order valence-corrected chi connectivity index (χ4v) is 1.86. The van der Waals surface area contributed by atoms with Crippen molar-refractivity contribution in [2.75, 3.05) is 7.11 Å². The number of methoxy groups -OCH3 is 1. The predicted octanol–water partition coefficient (Wildman–Crippen LogP) is 2.80. The first-order valence-corrected chi connectivity index (χ1v) is 6.76. The molecule has 0 bridgehead atoms. The van der Waals surface area contributed by atoms with E-state index < -0.39 is 0 Å². The molecule has 0 spiro atoms. The molecule has 0 saturated carbocycles. The summed E-state index contributed by atoms with van der Waals surface area (Å²) in [6.45, 7) is 2.02. The first kappa shape index (κ1) is 15.5. The van der Waals surface area contributed by atoms with E-state index in [1.807, 2.05) is 6.92 Å². The van der Waals surface area contributed by atoms with E-state index in [0.717, 1.165) is 12.8 Å². The molecule has 19 heavy (non-hydrogen) atoms. The van der Waals surface area contributed by atoms with E-state index in [4.69, 9.17) is 4.74 Å². The highest BCUT2D eigenvalue weighted by Gasteiger charge is 2.07. The number of amides is 1. The first-order valence-electron chi connectivity index (χ1n) is 5.96. The summed E-state index contributed by atoms with van der Waals surface area (Å²) in [4.78, 5) is 11.3. The van der Waals surface area contributed by atoms with Crippen molar-refractivity contribution < 1.29 is 14.6 Å². The molecule has 0 radical (unpaired) electrons. The van der Waals surface area contributed by atoms with Crippen molar-refractivity contribution in [2.24, 2.45) is 5.10 Å². The highest BCUT2D eigenvalue weighted by Crippen LogP contribution is 2.34. The second-order valence-corrected chi connectivity index (χ2v) is 4.80. The Morgan fingerprint density at radius 3 is 2.95 bits per heavy atom. The molecular weight excluding hydrogens is 312 g/mol. The highest BCUT2D eigenvalue weighted by atomic mass is 79.9. The third-order valence-electron chi connectivity index (χ3n) is 2.43. The van der Waals surface area contributed by atoms with E-state index in [9.17, 15) is 9.90 Å². The zero-order valence-corrected chi connectivity index (χ0v) is 12.5. The molecule has 0 unspecified atom stereocenters. The van der Waals surface area contributed by atoms with Crippen molar-refractivity contribution in [3.05, 3.63) is 22.2 Å². The van der Waals surface area contributed by atoms with Gasteiger partial charge >= 0.3 is 0 Å². The normalized spacial score (nSPS) is 10.7. The number of rotatable bonds is 6. The van der Waals surface area contributed by atoms with Gasteiger partial charge in [-0.25, -0.2) is 5.43 Å². The molecule has 0 fully saturated rings. The van der Waals surface area contributed by atoms with Crippen LogP contribution in [0.5, 0.6) is 11.5 Å². The summed E-state index contributed by atoms with van der Waals surface area (Å²) in [7, 11) is 1.47. The second-order valence-electron chi connectivity index (χ2n) is 3.95. The maximum absolute atomic E-state index is 11.3. The van der Waals surface area contributed by atoms with Crippen molar-refractivity contribution in [2.45, 2.75) is 26.2 Å². The van der Waals surface area contributed by atoms with Crippen LogP contribution < -0.4 is 10.2 Å². The number of hydrazone groups is 1. The van der Waals surface area contributed by atoms with Crippen molar-refractivity contribution in [1.82, 2.24) is 5.43 Å². The van der Waals surface area contributed by atoms with Gasteiger partial charge in [0.15, 0.2) is 11.5 Å². The lowest BCUT2D eigenvalue weighted by Crippen LogP contribution is -2.16. The molecule has 6 heteroatoms. The van der Waals surface area contributed by atoms with Crippen molar-refractivity contribution in [3.8, 4) is 11.5 Å². The van der Waals surface area contributed by atoms with Gasteiger partial charge in [-0.05, 0) is 40.0 Å². The molecule has 5 nitrogen and oxygen atoms in total. The Morgan fingerprint density at radius 2 is 2.32 bits per heavy atom. The van der Waals surface area contributed by atoms with Crippen LogP contribution in [0, 0.1) is 0 Å². The zero-order chi connectivity index (χ0) is 14.3. The number of phenolic OH excluding ortho intramolecular Hbond substituents is 1. The van der Waals surface area contributed by atoms with Gasteiger partial charge in [0.2, 0.25) is 5.91 Å². The Labute approximate surface area is 120 Å². The Kier molecular flexibility index (Phi) is 6.35. The SMILES string of the molecule is CCCCC(=O)N/N=C/c1cc(Br)c(O)c(OC)c1. The summed E-state index contributed by atoms with van der Waals surface area (Å²) in [6.07, 6.45) is 3.78. The maximum atomic E-state index is 11.3. The largest absolute Gasteiger partial charge is 0.503 e. The molecule has 1 aromatic rings. The van der Waals surface area contributed by atoms with Crippen LogP contribution in [0.3, 0.4) is 0 Å². The lowest BCUT2D eigenvalue weighted by molar-refractivity contribution is -0.121. The fraction of sp³-hybridized carbons (Fsp3) is 0.385. The molecule has 0 aliphatic heterocycles. The Balaban J connectivity index is 2.67. The number of benzene rings is 1. The molecule has 1 amide bonds. The van der Waals surface area contributed by atoms with Gasteiger partial charge in [-0.3, -0.25) is 4.79 Å². The van der Waals surface area contributed by atoms with Crippen molar-refractivity contribution >= 4 is 28.1 Å². The number of ether oxygens (including phenoxy) is 1. The molecule has 0 atom stereocenters. The summed E-state index contributed by atoms with van der Waals surface area (Å²) in [6, 6.07) is 3.31. The van der Waals surface area contributed by atoms with Gasteiger partial charge in [0, 0.05) is 6.42 Å². The molecular formula is C13H17BrN2O3. The van der Waals surface area contributed by atoms with Crippen LogP contribution in [0.25, 0.3) is 0 Å². The minimum Gasteiger partial charge on any atom is -0.503 e. The van der Waals surface area contributed by atoms with Crippen molar-refractivity contribution in [3.63, 3.8) is 0 Å². The minimum atomic E-state index is -0.108. The molecule has 1 rings (SSSR count). The van der Waals surface area contributed by atoms with Crippen LogP contribution in [0.2, 0.25) is 0 Å². The van der Waals surface area contributed by atoms with Gasteiger partial charge < -0.3 is 9.84 Å². The predicted molar refractivity (Wildman–Crippen MR) is 77.6 cm³/mol. The van der Waals surface area contributed by atoms with Crippen LogP contribution >= 0.6 is 15.9 Å². The van der Waals surface area contributed by atoms with Crippen LogP contribution in [-0.2, 0) is 4.79 Å². The number of halogens is 1. The molecule has 2 N–H and O–H groups in total. The number of carbonyl (C=O) groups is 1. The van der Waals surface area contributed by atoms with E-state index in [0.29, 0.717) is 22.2 Å². The number of aromatic hydroxyl groups is 1. The number of nitrogens with zero attached hydrogens (tertiary/aromatic N) is 1. The maximum Gasteiger partial charge on any atom is 0.240 e. The quantitative estimate of drug-likeness (QED) is 0.623.